The van der Waals surface area contributed by atoms with Crippen LogP contribution in [0.25, 0.3) is 6.08 Å². The SMILES string of the molecule is CC(C)Oc1cccc(C2C(C(=O)/C=C/c3ccco3)=C(O)C(=O)N2CCN2CCCC2)c1. The summed E-state index contributed by atoms with van der Waals surface area (Å²) >= 11 is 0. The molecule has 4 rings (SSSR count). The van der Waals surface area contributed by atoms with Gasteiger partial charge in [-0.25, -0.2) is 0 Å². The zero-order chi connectivity index (χ0) is 23.4. The van der Waals surface area contributed by atoms with E-state index < -0.39 is 23.5 Å². The summed E-state index contributed by atoms with van der Waals surface area (Å²) in [6, 6.07) is 10.1. The minimum absolute atomic E-state index is 0.0157. The highest BCUT2D eigenvalue weighted by Gasteiger charge is 2.43. The van der Waals surface area contributed by atoms with E-state index in [1.165, 1.54) is 18.4 Å². The molecule has 1 N–H and O–H groups in total. The summed E-state index contributed by atoms with van der Waals surface area (Å²) in [5, 5.41) is 10.8. The molecule has 1 aromatic carbocycles. The van der Waals surface area contributed by atoms with Crippen molar-refractivity contribution in [1.29, 1.82) is 0 Å². The first-order valence-corrected chi connectivity index (χ1v) is 11.4. The van der Waals surface area contributed by atoms with Gasteiger partial charge in [-0.3, -0.25) is 9.59 Å². The number of hydrogen-bond donors (Lipinski definition) is 1. The predicted octanol–water partition coefficient (Wildman–Crippen LogP) is 4.14. The quantitative estimate of drug-likeness (QED) is 0.578. The summed E-state index contributed by atoms with van der Waals surface area (Å²) in [4.78, 5) is 30.2. The lowest BCUT2D eigenvalue weighted by molar-refractivity contribution is -0.129. The molecule has 174 valence electrons. The largest absolute Gasteiger partial charge is 0.503 e. The van der Waals surface area contributed by atoms with Crippen molar-refractivity contribution in [1.82, 2.24) is 9.80 Å². The lowest BCUT2D eigenvalue weighted by atomic mass is 9.95. The monoisotopic (exact) mass is 450 g/mol. The molecule has 0 saturated carbocycles. The van der Waals surface area contributed by atoms with E-state index in [-0.39, 0.29) is 11.7 Å². The first-order chi connectivity index (χ1) is 15.9. The minimum atomic E-state index is -0.690. The van der Waals surface area contributed by atoms with E-state index >= 15 is 0 Å². The van der Waals surface area contributed by atoms with E-state index in [1.54, 1.807) is 17.0 Å². The number of furan rings is 1. The molecule has 1 atom stereocenters. The highest BCUT2D eigenvalue weighted by atomic mass is 16.5. The van der Waals surface area contributed by atoms with E-state index in [4.69, 9.17) is 9.15 Å². The average Bonchev–Trinajstić information content (AvgIpc) is 3.53. The van der Waals surface area contributed by atoms with Gasteiger partial charge in [-0.2, -0.15) is 0 Å². The number of ketones is 1. The van der Waals surface area contributed by atoms with Crippen molar-refractivity contribution < 1.29 is 23.8 Å². The topological polar surface area (TPSA) is 83.2 Å². The maximum atomic E-state index is 13.2. The molecule has 7 heteroatoms. The van der Waals surface area contributed by atoms with Gasteiger partial charge in [0.05, 0.1) is 24.0 Å². The van der Waals surface area contributed by atoms with Crippen molar-refractivity contribution >= 4 is 17.8 Å². The molecule has 1 amide bonds. The van der Waals surface area contributed by atoms with Gasteiger partial charge in [0.2, 0.25) is 0 Å². The Kier molecular flexibility index (Phi) is 6.99. The molecular formula is C26H30N2O5. The maximum absolute atomic E-state index is 13.2. The molecule has 0 bridgehead atoms. The number of rotatable bonds is 9. The van der Waals surface area contributed by atoms with Gasteiger partial charge in [0.1, 0.15) is 11.5 Å². The van der Waals surface area contributed by atoms with E-state index in [9.17, 15) is 14.7 Å². The van der Waals surface area contributed by atoms with Crippen LogP contribution in [0.3, 0.4) is 0 Å². The van der Waals surface area contributed by atoms with Gasteiger partial charge in [-0.1, -0.05) is 12.1 Å². The Morgan fingerprint density at radius 3 is 2.70 bits per heavy atom. The van der Waals surface area contributed by atoms with E-state index in [2.05, 4.69) is 4.90 Å². The van der Waals surface area contributed by atoms with Gasteiger partial charge in [-0.05, 0) is 81.8 Å². The summed E-state index contributed by atoms with van der Waals surface area (Å²) in [6.45, 7) is 6.99. The van der Waals surface area contributed by atoms with Crippen LogP contribution in [-0.2, 0) is 9.59 Å². The van der Waals surface area contributed by atoms with Gasteiger partial charge in [0, 0.05) is 13.1 Å². The molecule has 1 saturated heterocycles. The standard InChI is InChI=1S/C26H30N2O5/c1-18(2)33-21-8-5-7-19(17-21)24-23(22(29)11-10-20-9-6-16-32-20)25(30)26(31)28(24)15-14-27-12-3-4-13-27/h5-11,16-18,24,30H,3-4,12-15H2,1-2H3/b11-10+. The second-order valence-electron chi connectivity index (χ2n) is 8.66. The van der Waals surface area contributed by atoms with Crippen LogP contribution < -0.4 is 4.74 Å². The van der Waals surface area contributed by atoms with Gasteiger partial charge >= 0.3 is 0 Å². The number of likely N-dealkylation sites (tertiary alicyclic amines) is 1. The first-order valence-electron chi connectivity index (χ1n) is 11.4. The molecule has 7 nitrogen and oxygen atoms in total. The number of nitrogens with zero attached hydrogens (tertiary/aromatic N) is 2. The molecule has 2 aromatic rings. The molecular weight excluding hydrogens is 420 g/mol. The fourth-order valence-corrected chi connectivity index (χ4v) is 4.40. The minimum Gasteiger partial charge on any atom is -0.503 e. The number of hydrogen-bond acceptors (Lipinski definition) is 6. The van der Waals surface area contributed by atoms with Crippen molar-refractivity contribution in [3.05, 3.63) is 71.4 Å². The molecule has 0 spiro atoms. The number of carbonyl (C=O) groups excluding carboxylic acids is 2. The average molecular weight is 451 g/mol. The summed E-state index contributed by atoms with van der Waals surface area (Å²) in [6.07, 6.45) is 6.67. The van der Waals surface area contributed by atoms with Crippen molar-refractivity contribution in [3.63, 3.8) is 0 Å². The van der Waals surface area contributed by atoms with Crippen LogP contribution in [0.5, 0.6) is 5.75 Å². The smallest absolute Gasteiger partial charge is 0.290 e. The molecule has 1 aromatic heterocycles. The zero-order valence-electron chi connectivity index (χ0n) is 19.1. The number of amides is 1. The molecule has 2 aliphatic heterocycles. The third-order valence-corrected chi connectivity index (χ3v) is 5.91. The lowest BCUT2D eigenvalue weighted by Crippen LogP contribution is -2.37. The fourth-order valence-electron chi connectivity index (χ4n) is 4.40. The Morgan fingerprint density at radius 1 is 1.21 bits per heavy atom. The number of aliphatic hydroxyl groups excluding tert-OH is 1. The predicted molar refractivity (Wildman–Crippen MR) is 125 cm³/mol. The molecule has 2 aliphatic rings. The molecule has 0 radical (unpaired) electrons. The van der Waals surface area contributed by atoms with Crippen LogP contribution in [0.15, 0.2) is 64.5 Å². The van der Waals surface area contributed by atoms with Gasteiger partial charge in [0.15, 0.2) is 11.5 Å². The zero-order valence-corrected chi connectivity index (χ0v) is 19.1. The summed E-state index contributed by atoms with van der Waals surface area (Å²) in [7, 11) is 0. The first kappa shape index (κ1) is 22.9. The number of benzene rings is 1. The third-order valence-electron chi connectivity index (χ3n) is 5.91. The van der Waals surface area contributed by atoms with Crippen molar-refractivity contribution in [2.75, 3.05) is 26.2 Å². The van der Waals surface area contributed by atoms with Crippen molar-refractivity contribution in [2.45, 2.75) is 38.8 Å². The fraction of sp³-hybridized carbons (Fsp3) is 0.385. The second-order valence-corrected chi connectivity index (χ2v) is 8.66. The van der Waals surface area contributed by atoms with Crippen LogP contribution in [0.2, 0.25) is 0 Å². The number of carbonyl (C=O) groups is 2. The summed E-state index contributed by atoms with van der Waals surface area (Å²) < 4.78 is 11.1. The Morgan fingerprint density at radius 2 is 2.00 bits per heavy atom. The normalized spacial score (nSPS) is 19.4. The Bertz CT molecular complexity index is 1050. The van der Waals surface area contributed by atoms with Gasteiger partial charge in [-0.15, -0.1) is 0 Å². The molecule has 0 aliphatic carbocycles. The lowest BCUT2D eigenvalue weighted by Gasteiger charge is -2.29. The molecule has 1 fully saturated rings. The van der Waals surface area contributed by atoms with Crippen LogP contribution in [0.1, 0.15) is 44.1 Å². The Labute approximate surface area is 193 Å². The molecule has 1 unspecified atom stereocenters. The Balaban J connectivity index is 1.66. The van der Waals surface area contributed by atoms with E-state index in [0.717, 1.165) is 31.5 Å². The summed E-state index contributed by atoms with van der Waals surface area (Å²) in [5.41, 5.74) is 0.799. The van der Waals surface area contributed by atoms with Crippen LogP contribution in [0.4, 0.5) is 0 Å². The van der Waals surface area contributed by atoms with Gasteiger partial charge < -0.3 is 24.1 Å². The second kappa shape index (κ2) is 10.1. The van der Waals surface area contributed by atoms with Crippen molar-refractivity contribution in [2.24, 2.45) is 0 Å². The van der Waals surface area contributed by atoms with Crippen LogP contribution in [0, 0.1) is 0 Å². The highest BCUT2D eigenvalue weighted by molar-refractivity contribution is 6.14. The van der Waals surface area contributed by atoms with Crippen LogP contribution in [-0.4, -0.2) is 58.9 Å². The van der Waals surface area contributed by atoms with Gasteiger partial charge in [0.25, 0.3) is 5.91 Å². The van der Waals surface area contributed by atoms with Crippen LogP contribution >= 0.6 is 0 Å². The number of aliphatic hydroxyl groups is 1. The van der Waals surface area contributed by atoms with Crippen molar-refractivity contribution in [3.8, 4) is 5.75 Å². The highest BCUT2D eigenvalue weighted by Crippen LogP contribution is 2.39. The molecule has 3 heterocycles. The number of allylic oxidation sites excluding steroid dienone is 1. The molecule has 33 heavy (non-hydrogen) atoms. The van der Waals surface area contributed by atoms with E-state index in [0.29, 0.717) is 24.6 Å². The van der Waals surface area contributed by atoms with E-state index in [1.807, 2.05) is 38.1 Å². The number of ether oxygens (including phenoxy) is 1. The summed E-state index contributed by atoms with van der Waals surface area (Å²) in [5.74, 6) is -0.280. The maximum Gasteiger partial charge on any atom is 0.290 e. The third kappa shape index (κ3) is 5.20. The Hall–Kier alpha value is -3.32.